The van der Waals surface area contributed by atoms with Crippen LogP contribution in [0.4, 0.5) is 0 Å². The number of aryl methyl sites for hydroxylation is 1. The lowest BCUT2D eigenvalue weighted by atomic mass is 10.0. The number of H-pyrrole nitrogens is 1. The van der Waals surface area contributed by atoms with E-state index in [9.17, 15) is 4.79 Å². The molecule has 0 radical (unpaired) electrons. The number of aromatic amines is 1. The maximum absolute atomic E-state index is 13.1. The number of benzene rings is 3. The van der Waals surface area contributed by atoms with Crippen molar-refractivity contribution in [3.63, 3.8) is 0 Å². The molecular weight excluding hydrogens is 512 g/mol. The van der Waals surface area contributed by atoms with Gasteiger partial charge in [-0.1, -0.05) is 42.5 Å². The molecule has 6 rings (SSSR count). The van der Waals surface area contributed by atoms with E-state index in [0.717, 1.165) is 53.5 Å². The number of carbonyl (C=O) groups is 1. The van der Waals surface area contributed by atoms with Gasteiger partial charge in [-0.05, 0) is 47.9 Å². The van der Waals surface area contributed by atoms with Crippen LogP contribution in [0.3, 0.4) is 0 Å². The molecule has 3 heterocycles. The minimum absolute atomic E-state index is 0.0577. The monoisotopic (exact) mass is 548 g/mol. The molecule has 1 unspecified atom stereocenters. The lowest BCUT2D eigenvalue weighted by molar-refractivity contribution is 0.0954. The first-order chi connectivity index (χ1) is 19.8. The molecule has 1 amide bonds. The van der Waals surface area contributed by atoms with Gasteiger partial charge in [0, 0.05) is 51.9 Å². The molecule has 0 aliphatic carbocycles. The standard InChI is InChI=1S/C32H36N8O/c1-20(29-35-25-15-17-40(19-27(25)36-29)32(33)38(2)3)30-37-26-13-12-23(18-28(26)39(30)4)31(41)34-16-14-22-10-7-9-21-8-5-6-11-24(21)22/h5-13,18,20,33H,14-17,19H2,1-4H3,(H,34,41)(H,35,36). The molecule has 3 aromatic carbocycles. The van der Waals surface area contributed by atoms with Gasteiger partial charge >= 0.3 is 0 Å². The first-order valence-electron chi connectivity index (χ1n) is 14.1. The number of hydrogen-bond donors (Lipinski definition) is 3. The third-order valence-electron chi connectivity index (χ3n) is 8.11. The zero-order valence-corrected chi connectivity index (χ0v) is 24.0. The van der Waals surface area contributed by atoms with E-state index in [0.29, 0.717) is 24.6 Å². The second kappa shape index (κ2) is 10.7. The smallest absolute Gasteiger partial charge is 0.251 e. The molecule has 5 aromatic rings. The summed E-state index contributed by atoms with van der Waals surface area (Å²) in [6, 6.07) is 20.3. The predicted octanol–water partition coefficient (Wildman–Crippen LogP) is 4.43. The fraction of sp³-hybridized carbons (Fsp3) is 0.312. The molecule has 0 fully saturated rings. The predicted molar refractivity (Wildman–Crippen MR) is 162 cm³/mol. The quantitative estimate of drug-likeness (QED) is 0.215. The summed E-state index contributed by atoms with van der Waals surface area (Å²) in [4.78, 5) is 30.3. The molecule has 0 bridgehead atoms. The van der Waals surface area contributed by atoms with Crippen LogP contribution in [0.1, 0.15) is 51.8 Å². The molecule has 3 N–H and O–H groups in total. The van der Waals surface area contributed by atoms with Crippen LogP contribution in [-0.4, -0.2) is 68.4 Å². The van der Waals surface area contributed by atoms with Crippen molar-refractivity contribution < 1.29 is 4.79 Å². The number of guanidine groups is 1. The summed E-state index contributed by atoms with van der Waals surface area (Å²) in [5.41, 5.74) is 5.74. The molecule has 1 atom stereocenters. The van der Waals surface area contributed by atoms with Crippen LogP contribution >= 0.6 is 0 Å². The van der Waals surface area contributed by atoms with E-state index in [4.69, 9.17) is 15.4 Å². The Labute approximate surface area is 239 Å². The van der Waals surface area contributed by atoms with Crippen molar-refractivity contribution in [2.75, 3.05) is 27.2 Å². The molecule has 210 valence electrons. The molecule has 41 heavy (non-hydrogen) atoms. The lowest BCUT2D eigenvalue weighted by Gasteiger charge is -2.31. The van der Waals surface area contributed by atoms with Gasteiger partial charge in [-0.2, -0.15) is 0 Å². The van der Waals surface area contributed by atoms with Crippen LogP contribution in [0, 0.1) is 5.41 Å². The number of amides is 1. The van der Waals surface area contributed by atoms with E-state index < -0.39 is 0 Å². The van der Waals surface area contributed by atoms with Crippen LogP contribution in [0.15, 0.2) is 60.7 Å². The Balaban J connectivity index is 1.16. The summed E-state index contributed by atoms with van der Waals surface area (Å²) in [6.45, 7) is 4.08. The highest BCUT2D eigenvalue weighted by atomic mass is 16.1. The van der Waals surface area contributed by atoms with E-state index in [1.165, 1.54) is 16.3 Å². The van der Waals surface area contributed by atoms with E-state index in [2.05, 4.69) is 58.2 Å². The summed E-state index contributed by atoms with van der Waals surface area (Å²) < 4.78 is 2.06. The molecule has 0 spiro atoms. The maximum Gasteiger partial charge on any atom is 0.251 e. The molecule has 0 saturated carbocycles. The molecule has 9 heteroatoms. The van der Waals surface area contributed by atoms with E-state index in [-0.39, 0.29) is 11.8 Å². The average molecular weight is 549 g/mol. The first-order valence-corrected chi connectivity index (χ1v) is 14.1. The van der Waals surface area contributed by atoms with Crippen LogP contribution < -0.4 is 5.32 Å². The Kier molecular flexibility index (Phi) is 6.95. The van der Waals surface area contributed by atoms with Gasteiger partial charge in [0.05, 0.1) is 29.2 Å². The summed E-state index contributed by atoms with van der Waals surface area (Å²) in [6.07, 6.45) is 1.59. The second-order valence-electron chi connectivity index (χ2n) is 11.0. The highest BCUT2D eigenvalue weighted by Crippen LogP contribution is 2.28. The van der Waals surface area contributed by atoms with Crippen LogP contribution in [-0.2, 0) is 26.4 Å². The molecule has 1 aliphatic rings. The molecule has 9 nitrogen and oxygen atoms in total. The molecule has 1 aliphatic heterocycles. The van der Waals surface area contributed by atoms with Crippen LogP contribution in [0.2, 0.25) is 0 Å². The number of hydrogen-bond acceptors (Lipinski definition) is 4. The molecule has 0 saturated heterocycles. The average Bonchev–Trinajstić information content (AvgIpc) is 3.56. The Morgan fingerprint density at radius 3 is 2.76 bits per heavy atom. The number of aromatic nitrogens is 4. The minimum Gasteiger partial charge on any atom is -0.352 e. The highest BCUT2D eigenvalue weighted by molar-refractivity contribution is 5.97. The normalized spacial score (nSPS) is 13.8. The molecule has 2 aromatic heterocycles. The van der Waals surface area contributed by atoms with Crippen molar-refractivity contribution in [1.29, 1.82) is 5.41 Å². The van der Waals surface area contributed by atoms with E-state index in [1.54, 1.807) is 0 Å². The van der Waals surface area contributed by atoms with Gasteiger partial charge in [0.25, 0.3) is 5.91 Å². The SMILES string of the molecule is CC(c1nc2c([nH]1)CCN(C(=N)N(C)C)C2)c1nc2ccc(C(=O)NCCc3cccc4ccccc34)cc2n1C. The summed E-state index contributed by atoms with van der Waals surface area (Å²) in [5.74, 6) is 2.11. The Hall–Kier alpha value is -4.66. The zero-order chi connectivity index (χ0) is 28.7. The van der Waals surface area contributed by atoms with Crippen molar-refractivity contribution in [1.82, 2.24) is 34.6 Å². The number of rotatable bonds is 6. The first kappa shape index (κ1) is 26.6. The third-order valence-corrected chi connectivity index (χ3v) is 8.11. The lowest BCUT2D eigenvalue weighted by Crippen LogP contribution is -2.42. The van der Waals surface area contributed by atoms with Crippen LogP contribution in [0.25, 0.3) is 21.8 Å². The topological polar surface area (TPSA) is 106 Å². The number of carbonyl (C=O) groups excluding carboxylic acids is 1. The van der Waals surface area contributed by atoms with Gasteiger partial charge < -0.3 is 24.7 Å². The van der Waals surface area contributed by atoms with Gasteiger partial charge in [-0.3, -0.25) is 10.2 Å². The number of nitrogens with zero attached hydrogens (tertiary/aromatic N) is 5. The van der Waals surface area contributed by atoms with Gasteiger partial charge in [0.15, 0.2) is 5.96 Å². The Bertz CT molecular complexity index is 1760. The van der Waals surface area contributed by atoms with E-state index in [1.807, 2.05) is 55.2 Å². The maximum atomic E-state index is 13.1. The fourth-order valence-electron chi connectivity index (χ4n) is 5.76. The van der Waals surface area contributed by atoms with Crippen molar-refractivity contribution in [3.05, 3.63) is 94.8 Å². The van der Waals surface area contributed by atoms with Crippen molar-refractivity contribution >= 4 is 33.7 Å². The summed E-state index contributed by atoms with van der Waals surface area (Å²) in [7, 11) is 5.78. The number of nitrogens with one attached hydrogen (secondary N) is 3. The number of fused-ring (bicyclic) bond motifs is 3. The number of imidazole rings is 2. The summed E-state index contributed by atoms with van der Waals surface area (Å²) in [5, 5.41) is 13.9. The molecular formula is C32H36N8O. The fourth-order valence-corrected chi connectivity index (χ4v) is 5.76. The Morgan fingerprint density at radius 1 is 1.12 bits per heavy atom. The van der Waals surface area contributed by atoms with Gasteiger partial charge in [-0.15, -0.1) is 0 Å². The van der Waals surface area contributed by atoms with Gasteiger partial charge in [0.1, 0.15) is 11.6 Å². The van der Waals surface area contributed by atoms with Crippen molar-refractivity contribution in [3.8, 4) is 0 Å². The minimum atomic E-state index is -0.0884. The van der Waals surface area contributed by atoms with Crippen molar-refractivity contribution in [2.24, 2.45) is 7.05 Å². The van der Waals surface area contributed by atoms with Gasteiger partial charge in [-0.25, -0.2) is 9.97 Å². The van der Waals surface area contributed by atoms with E-state index >= 15 is 0 Å². The van der Waals surface area contributed by atoms with Crippen molar-refractivity contribution in [2.45, 2.75) is 32.2 Å². The second-order valence-corrected chi connectivity index (χ2v) is 11.0. The zero-order valence-electron chi connectivity index (χ0n) is 24.0. The van der Waals surface area contributed by atoms with Crippen LogP contribution in [0.5, 0.6) is 0 Å². The third kappa shape index (κ3) is 5.03. The highest BCUT2D eigenvalue weighted by Gasteiger charge is 2.26. The van der Waals surface area contributed by atoms with Gasteiger partial charge in [0.2, 0.25) is 0 Å². The Morgan fingerprint density at radius 2 is 1.93 bits per heavy atom. The summed E-state index contributed by atoms with van der Waals surface area (Å²) >= 11 is 0. The largest absolute Gasteiger partial charge is 0.352 e.